The standard InChI is InChI=1S/C22H27N3O5/c1-2-3-14-30-22(29)18-11-7-13-23-12-6-10-17(21(28)25(18)23)24-19(26)15-8-4-5-9-16(15)20(24)27/h4-5,8-9,17-18H,2-3,6-7,10-14H2,1H3. The van der Waals surface area contributed by atoms with E-state index in [4.69, 9.17) is 4.74 Å². The van der Waals surface area contributed by atoms with Gasteiger partial charge in [-0.3, -0.25) is 24.3 Å². The first kappa shape index (κ1) is 20.5. The van der Waals surface area contributed by atoms with Gasteiger partial charge in [-0.1, -0.05) is 25.5 Å². The average molecular weight is 413 g/mol. The number of hydrazine groups is 1. The van der Waals surface area contributed by atoms with Gasteiger partial charge in [-0.15, -0.1) is 0 Å². The second kappa shape index (κ2) is 8.55. The highest BCUT2D eigenvalue weighted by Gasteiger charge is 2.48. The molecule has 3 heterocycles. The van der Waals surface area contributed by atoms with Gasteiger partial charge in [0.1, 0.15) is 12.1 Å². The van der Waals surface area contributed by atoms with Gasteiger partial charge in [0.05, 0.1) is 17.7 Å². The highest BCUT2D eigenvalue weighted by Crippen LogP contribution is 2.31. The number of hydrogen-bond acceptors (Lipinski definition) is 6. The second-order valence-electron chi connectivity index (χ2n) is 8.00. The van der Waals surface area contributed by atoms with Crippen molar-refractivity contribution in [1.29, 1.82) is 0 Å². The molecule has 2 fully saturated rings. The molecule has 8 nitrogen and oxygen atoms in total. The maximum absolute atomic E-state index is 13.6. The number of esters is 1. The number of amides is 3. The van der Waals surface area contributed by atoms with E-state index in [2.05, 4.69) is 0 Å². The number of ether oxygens (including phenoxy) is 1. The Bertz CT molecular complexity index is 835. The van der Waals surface area contributed by atoms with Crippen LogP contribution >= 0.6 is 0 Å². The number of rotatable bonds is 5. The minimum absolute atomic E-state index is 0.325. The van der Waals surface area contributed by atoms with Crippen LogP contribution in [0.4, 0.5) is 0 Å². The zero-order valence-corrected chi connectivity index (χ0v) is 17.2. The molecule has 0 N–H and O–H groups in total. The van der Waals surface area contributed by atoms with Gasteiger partial charge in [-0.05, 0) is 44.2 Å². The molecule has 0 bridgehead atoms. The van der Waals surface area contributed by atoms with Crippen LogP contribution < -0.4 is 0 Å². The van der Waals surface area contributed by atoms with Crippen LogP contribution in [-0.4, -0.2) is 70.4 Å². The highest BCUT2D eigenvalue weighted by atomic mass is 16.5. The molecule has 0 saturated carbocycles. The number of hydrogen-bond donors (Lipinski definition) is 0. The van der Waals surface area contributed by atoms with Gasteiger partial charge in [0.2, 0.25) is 0 Å². The lowest BCUT2D eigenvalue weighted by Gasteiger charge is -2.43. The summed E-state index contributed by atoms with van der Waals surface area (Å²) >= 11 is 0. The van der Waals surface area contributed by atoms with Gasteiger partial charge in [-0.25, -0.2) is 9.80 Å². The Balaban J connectivity index is 1.60. The fourth-order valence-electron chi connectivity index (χ4n) is 4.51. The summed E-state index contributed by atoms with van der Waals surface area (Å²) in [6.07, 6.45) is 4.02. The van der Waals surface area contributed by atoms with Crippen molar-refractivity contribution in [2.45, 2.75) is 57.5 Å². The summed E-state index contributed by atoms with van der Waals surface area (Å²) in [5.74, 6) is -1.67. The van der Waals surface area contributed by atoms with Crippen molar-refractivity contribution >= 4 is 23.7 Å². The summed E-state index contributed by atoms with van der Waals surface area (Å²) in [6.45, 7) is 3.61. The SMILES string of the molecule is CCCCOC(=O)C1CCCN2CCCC(N3C(=O)c4ccccc4C3=O)C(=O)N12. The lowest BCUT2D eigenvalue weighted by molar-refractivity contribution is -0.178. The topological polar surface area (TPSA) is 87.2 Å². The molecule has 3 aliphatic rings. The number of nitrogens with zero attached hydrogens (tertiary/aromatic N) is 3. The molecular weight excluding hydrogens is 386 g/mol. The lowest BCUT2D eigenvalue weighted by atomic mass is 10.1. The molecule has 160 valence electrons. The lowest BCUT2D eigenvalue weighted by Crippen LogP contribution is -2.61. The Kier molecular flexibility index (Phi) is 5.85. The summed E-state index contributed by atoms with van der Waals surface area (Å²) in [7, 11) is 0. The molecule has 0 aromatic heterocycles. The first-order valence-electron chi connectivity index (χ1n) is 10.8. The largest absolute Gasteiger partial charge is 0.464 e. The zero-order valence-electron chi connectivity index (χ0n) is 17.2. The van der Waals surface area contributed by atoms with Crippen molar-refractivity contribution < 1.29 is 23.9 Å². The number of fused-ring (bicyclic) bond motifs is 2. The fraction of sp³-hybridized carbons (Fsp3) is 0.545. The molecule has 3 amide bonds. The first-order chi connectivity index (χ1) is 14.5. The molecule has 1 aromatic rings. The van der Waals surface area contributed by atoms with E-state index in [1.54, 1.807) is 24.3 Å². The quantitative estimate of drug-likeness (QED) is 0.417. The Morgan fingerprint density at radius 3 is 2.30 bits per heavy atom. The summed E-state index contributed by atoms with van der Waals surface area (Å²) in [5, 5.41) is 3.36. The van der Waals surface area contributed by atoms with Crippen molar-refractivity contribution in [1.82, 2.24) is 14.9 Å². The van der Waals surface area contributed by atoms with E-state index < -0.39 is 29.9 Å². The third kappa shape index (κ3) is 3.49. The molecule has 1 aromatic carbocycles. The monoisotopic (exact) mass is 413 g/mol. The average Bonchev–Trinajstić information content (AvgIpc) is 2.90. The fourth-order valence-corrected chi connectivity index (χ4v) is 4.51. The van der Waals surface area contributed by atoms with Crippen LogP contribution in [-0.2, 0) is 14.3 Å². The predicted octanol–water partition coefficient (Wildman–Crippen LogP) is 2.00. The maximum Gasteiger partial charge on any atom is 0.330 e. The number of unbranched alkanes of at least 4 members (excludes halogenated alkanes) is 1. The Labute approximate surface area is 175 Å². The maximum atomic E-state index is 13.6. The summed E-state index contributed by atoms with van der Waals surface area (Å²) in [4.78, 5) is 53.3. The van der Waals surface area contributed by atoms with Gasteiger partial charge in [-0.2, -0.15) is 0 Å². The number of carbonyl (C=O) groups is 4. The Morgan fingerprint density at radius 2 is 1.67 bits per heavy atom. The zero-order chi connectivity index (χ0) is 21.3. The van der Waals surface area contributed by atoms with Crippen molar-refractivity contribution in [2.75, 3.05) is 19.7 Å². The van der Waals surface area contributed by atoms with E-state index in [1.807, 2.05) is 11.9 Å². The molecule has 30 heavy (non-hydrogen) atoms. The summed E-state index contributed by atoms with van der Waals surface area (Å²) in [6, 6.07) is 5.01. The molecule has 2 unspecified atom stereocenters. The van der Waals surface area contributed by atoms with Crippen LogP contribution in [0.25, 0.3) is 0 Å². The van der Waals surface area contributed by atoms with E-state index in [0.717, 1.165) is 24.2 Å². The van der Waals surface area contributed by atoms with Crippen molar-refractivity contribution in [3.63, 3.8) is 0 Å². The minimum atomic E-state index is -0.911. The van der Waals surface area contributed by atoms with Crippen LogP contribution in [0.2, 0.25) is 0 Å². The van der Waals surface area contributed by atoms with Crippen molar-refractivity contribution in [2.24, 2.45) is 0 Å². The van der Waals surface area contributed by atoms with Crippen LogP contribution in [0.15, 0.2) is 24.3 Å². The van der Waals surface area contributed by atoms with Crippen LogP contribution in [0, 0.1) is 0 Å². The Hall–Kier alpha value is -2.74. The van der Waals surface area contributed by atoms with Crippen LogP contribution in [0.1, 0.15) is 66.2 Å². The van der Waals surface area contributed by atoms with Crippen molar-refractivity contribution in [3.05, 3.63) is 35.4 Å². The van der Waals surface area contributed by atoms with Gasteiger partial charge in [0, 0.05) is 13.1 Å². The van der Waals surface area contributed by atoms with Gasteiger partial charge >= 0.3 is 5.97 Å². The molecular formula is C22H27N3O5. The van der Waals surface area contributed by atoms with E-state index in [9.17, 15) is 19.2 Å². The molecule has 0 radical (unpaired) electrons. The van der Waals surface area contributed by atoms with Crippen molar-refractivity contribution in [3.8, 4) is 0 Å². The third-order valence-electron chi connectivity index (χ3n) is 6.05. The molecule has 3 aliphatic heterocycles. The molecule has 2 atom stereocenters. The first-order valence-corrected chi connectivity index (χ1v) is 10.8. The smallest absolute Gasteiger partial charge is 0.330 e. The molecule has 2 saturated heterocycles. The van der Waals surface area contributed by atoms with E-state index in [-0.39, 0.29) is 5.91 Å². The number of carbonyl (C=O) groups excluding carboxylic acids is 4. The van der Waals surface area contributed by atoms with Gasteiger partial charge in [0.15, 0.2) is 0 Å². The normalized spacial score (nSPS) is 24.5. The summed E-state index contributed by atoms with van der Waals surface area (Å²) < 4.78 is 5.41. The molecule has 0 aliphatic carbocycles. The van der Waals surface area contributed by atoms with Gasteiger partial charge in [0.25, 0.3) is 17.7 Å². The number of imide groups is 1. The number of benzene rings is 1. The van der Waals surface area contributed by atoms with E-state index in [1.165, 1.54) is 5.01 Å². The van der Waals surface area contributed by atoms with Gasteiger partial charge < -0.3 is 4.74 Å². The molecule has 0 spiro atoms. The van der Waals surface area contributed by atoms with Crippen LogP contribution in [0.5, 0.6) is 0 Å². The van der Waals surface area contributed by atoms with E-state index in [0.29, 0.717) is 50.1 Å². The second-order valence-corrected chi connectivity index (χ2v) is 8.00. The Morgan fingerprint density at radius 1 is 1.03 bits per heavy atom. The predicted molar refractivity (Wildman–Crippen MR) is 107 cm³/mol. The molecule has 4 rings (SSSR count). The minimum Gasteiger partial charge on any atom is -0.464 e. The highest BCUT2D eigenvalue weighted by molar-refractivity contribution is 6.22. The molecule has 8 heteroatoms. The third-order valence-corrected chi connectivity index (χ3v) is 6.05. The van der Waals surface area contributed by atoms with Crippen LogP contribution in [0.3, 0.4) is 0 Å². The summed E-state index contributed by atoms with van der Waals surface area (Å²) in [5.41, 5.74) is 0.649. The van der Waals surface area contributed by atoms with E-state index >= 15 is 0 Å².